The topological polar surface area (TPSA) is 131 Å². The number of benzene rings is 2. The van der Waals surface area contributed by atoms with Crippen LogP contribution in [0.4, 0.5) is 5.69 Å². The van der Waals surface area contributed by atoms with Crippen LogP contribution in [0, 0.1) is 0 Å². The maximum absolute atomic E-state index is 12.8. The Kier molecular flexibility index (Phi) is 7.42. The summed E-state index contributed by atoms with van der Waals surface area (Å²) in [5.41, 5.74) is 0.590. The fraction of sp³-hybridized carbons (Fsp3) is 0.375. The minimum absolute atomic E-state index is 0.128. The normalized spacial score (nSPS) is 18.5. The number of anilines is 1. The van der Waals surface area contributed by atoms with E-state index in [0.717, 1.165) is 5.56 Å². The van der Waals surface area contributed by atoms with Gasteiger partial charge in [0.2, 0.25) is 21.8 Å². The Balaban J connectivity index is 1.83. The van der Waals surface area contributed by atoms with Gasteiger partial charge in [0.05, 0.1) is 12.5 Å². The molecule has 1 unspecified atom stereocenters. The molecular formula is C24H29N3O6S. The van der Waals surface area contributed by atoms with Gasteiger partial charge in [-0.25, -0.2) is 13.1 Å². The fourth-order valence-corrected chi connectivity index (χ4v) is 5.49. The summed E-state index contributed by atoms with van der Waals surface area (Å²) >= 11 is 0. The zero-order chi connectivity index (χ0) is 25.1. The summed E-state index contributed by atoms with van der Waals surface area (Å²) in [6, 6.07) is 10.7. The van der Waals surface area contributed by atoms with E-state index in [2.05, 4.69) is 15.4 Å². The molecule has 0 radical (unpaired) electrons. The van der Waals surface area contributed by atoms with E-state index in [1.54, 1.807) is 38.1 Å². The number of sulfonamides is 1. The van der Waals surface area contributed by atoms with E-state index in [1.165, 1.54) is 25.3 Å². The zero-order valence-corrected chi connectivity index (χ0v) is 20.4. The lowest BCUT2D eigenvalue weighted by molar-refractivity contribution is -0.138. The van der Waals surface area contributed by atoms with E-state index < -0.39 is 21.3 Å². The van der Waals surface area contributed by atoms with Crippen LogP contribution < -0.4 is 20.1 Å². The molecule has 0 aromatic heterocycles. The average molecular weight is 488 g/mol. The molecule has 3 rings (SSSR count). The first kappa shape index (κ1) is 25.4. The molecule has 3 amide bonds. The molecule has 2 aromatic carbocycles. The number of hydrogen-bond donors (Lipinski definition) is 3. The molecule has 1 heterocycles. The Bertz CT molecular complexity index is 1210. The number of carbonyl (C=O) groups excluding carboxylic acids is 3. The SMILES string of the molecule is CCC1(c2ccc(NC(=O)c3ccc(OC)c(S(=O)(=O)NC(C)C)c3)cc2)CCC(=O)NC1=O. The number of nitrogens with one attached hydrogen (secondary N) is 3. The molecule has 0 aliphatic carbocycles. The zero-order valence-electron chi connectivity index (χ0n) is 19.6. The van der Waals surface area contributed by atoms with Crippen molar-refractivity contribution < 1.29 is 27.5 Å². The van der Waals surface area contributed by atoms with Gasteiger partial charge in [0, 0.05) is 23.7 Å². The molecule has 1 atom stereocenters. The molecule has 1 aliphatic heterocycles. The molecule has 10 heteroatoms. The molecule has 9 nitrogen and oxygen atoms in total. The van der Waals surface area contributed by atoms with Gasteiger partial charge in [0.25, 0.3) is 5.91 Å². The van der Waals surface area contributed by atoms with Crippen molar-refractivity contribution in [1.29, 1.82) is 0 Å². The van der Waals surface area contributed by atoms with Gasteiger partial charge in [0.15, 0.2) is 0 Å². The number of hydrogen-bond acceptors (Lipinski definition) is 6. The Morgan fingerprint density at radius 1 is 1.15 bits per heavy atom. The number of ether oxygens (including phenoxy) is 1. The molecule has 182 valence electrons. The largest absolute Gasteiger partial charge is 0.495 e. The number of rotatable bonds is 8. The minimum Gasteiger partial charge on any atom is -0.495 e. The van der Waals surface area contributed by atoms with E-state index in [1.807, 2.05) is 6.92 Å². The lowest BCUT2D eigenvalue weighted by Crippen LogP contribution is -2.51. The van der Waals surface area contributed by atoms with Crippen LogP contribution >= 0.6 is 0 Å². The van der Waals surface area contributed by atoms with E-state index in [0.29, 0.717) is 18.5 Å². The van der Waals surface area contributed by atoms with Gasteiger partial charge in [-0.2, -0.15) is 0 Å². The first-order valence-electron chi connectivity index (χ1n) is 11.0. The molecule has 1 aliphatic rings. The van der Waals surface area contributed by atoms with Crippen LogP contribution in [0.25, 0.3) is 0 Å². The molecule has 1 fully saturated rings. The second kappa shape index (κ2) is 9.94. The van der Waals surface area contributed by atoms with Gasteiger partial charge in [-0.3, -0.25) is 19.7 Å². The van der Waals surface area contributed by atoms with Crippen LogP contribution in [-0.4, -0.2) is 39.3 Å². The van der Waals surface area contributed by atoms with Crippen molar-refractivity contribution in [1.82, 2.24) is 10.0 Å². The van der Waals surface area contributed by atoms with E-state index in [4.69, 9.17) is 4.74 Å². The second-order valence-corrected chi connectivity index (χ2v) is 10.2. The van der Waals surface area contributed by atoms with Gasteiger partial charge >= 0.3 is 0 Å². The Labute approximate surface area is 199 Å². The predicted molar refractivity (Wildman–Crippen MR) is 127 cm³/mol. The summed E-state index contributed by atoms with van der Waals surface area (Å²) in [7, 11) is -2.53. The number of piperidine rings is 1. The van der Waals surface area contributed by atoms with Gasteiger partial charge in [-0.1, -0.05) is 19.1 Å². The third-order valence-corrected chi connectivity index (χ3v) is 7.55. The van der Waals surface area contributed by atoms with Crippen LogP contribution in [0.1, 0.15) is 56.0 Å². The molecule has 0 spiro atoms. The summed E-state index contributed by atoms with van der Waals surface area (Å²) in [4.78, 5) is 36.9. The quantitative estimate of drug-likeness (QED) is 0.491. The van der Waals surface area contributed by atoms with E-state index >= 15 is 0 Å². The summed E-state index contributed by atoms with van der Waals surface area (Å²) in [6.45, 7) is 5.29. The first-order chi connectivity index (χ1) is 16.0. The third-order valence-electron chi connectivity index (χ3n) is 5.87. The number of methoxy groups -OCH3 is 1. The van der Waals surface area contributed by atoms with Crippen LogP contribution in [-0.2, 0) is 25.0 Å². The third kappa shape index (κ3) is 5.13. The van der Waals surface area contributed by atoms with E-state index in [-0.39, 0.29) is 40.5 Å². The van der Waals surface area contributed by atoms with Crippen molar-refractivity contribution in [3.63, 3.8) is 0 Å². The van der Waals surface area contributed by atoms with Crippen molar-refractivity contribution in [2.24, 2.45) is 0 Å². The average Bonchev–Trinajstić information content (AvgIpc) is 2.79. The number of carbonyl (C=O) groups is 3. The Morgan fingerprint density at radius 3 is 2.38 bits per heavy atom. The summed E-state index contributed by atoms with van der Waals surface area (Å²) < 4.78 is 33.0. The molecule has 0 bridgehead atoms. The predicted octanol–water partition coefficient (Wildman–Crippen LogP) is 2.72. The highest BCUT2D eigenvalue weighted by Gasteiger charge is 2.42. The maximum Gasteiger partial charge on any atom is 0.255 e. The number of amides is 3. The Morgan fingerprint density at radius 2 is 1.82 bits per heavy atom. The fourth-order valence-electron chi connectivity index (χ4n) is 4.04. The molecule has 2 aromatic rings. The molecule has 3 N–H and O–H groups in total. The second-order valence-electron chi connectivity index (χ2n) is 8.49. The summed E-state index contributed by atoms with van der Waals surface area (Å²) in [6.07, 6.45) is 1.23. The van der Waals surface area contributed by atoms with Crippen molar-refractivity contribution in [3.05, 3.63) is 53.6 Å². The first-order valence-corrected chi connectivity index (χ1v) is 12.5. The monoisotopic (exact) mass is 487 g/mol. The van der Waals surface area contributed by atoms with Gasteiger partial charge in [-0.05, 0) is 62.6 Å². The Hall–Kier alpha value is -3.24. The summed E-state index contributed by atoms with van der Waals surface area (Å²) in [5.74, 6) is -0.960. The van der Waals surface area contributed by atoms with Crippen molar-refractivity contribution in [2.75, 3.05) is 12.4 Å². The van der Waals surface area contributed by atoms with Gasteiger partial charge in [0.1, 0.15) is 10.6 Å². The number of imide groups is 1. The van der Waals surface area contributed by atoms with Crippen LogP contribution in [0.2, 0.25) is 0 Å². The summed E-state index contributed by atoms with van der Waals surface area (Å²) in [5, 5.41) is 5.16. The van der Waals surface area contributed by atoms with Crippen LogP contribution in [0.15, 0.2) is 47.4 Å². The van der Waals surface area contributed by atoms with Gasteiger partial charge < -0.3 is 10.1 Å². The molecule has 34 heavy (non-hydrogen) atoms. The minimum atomic E-state index is -3.88. The lowest BCUT2D eigenvalue weighted by Gasteiger charge is -2.35. The highest BCUT2D eigenvalue weighted by Crippen LogP contribution is 2.36. The molecule has 0 saturated carbocycles. The molecular weight excluding hydrogens is 458 g/mol. The van der Waals surface area contributed by atoms with Crippen molar-refractivity contribution in [2.45, 2.75) is 56.4 Å². The standard InChI is InChI=1S/C24H29N3O6S/c1-5-24(13-12-21(28)26-23(24)30)17-7-9-18(10-8-17)25-22(29)16-6-11-19(33-4)20(14-16)34(31,32)27-15(2)3/h6-11,14-15,27H,5,12-13H2,1-4H3,(H,25,29)(H,26,28,30). The van der Waals surface area contributed by atoms with Gasteiger partial charge in [-0.15, -0.1) is 0 Å². The molecule has 1 saturated heterocycles. The van der Waals surface area contributed by atoms with Crippen molar-refractivity contribution >= 4 is 33.4 Å². The van der Waals surface area contributed by atoms with Crippen LogP contribution in [0.5, 0.6) is 5.75 Å². The highest BCUT2D eigenvalue weighted by molar-refractivity contribution is 7.89. The van der Waals surface area contributed by atoms with Crippen LogP contribution in [0.3, 0.4) is 0 Å². The maximum atomic E-state index is 12.8. The lowest BCUT2D eigenvalue weighted by atomic mass is 9.72. The highest BCUT2D eigenvalue weighted by atomic mass is 32.2. The van der Waals surface area contributed by atoms with Crippen molar-refractivity contribution in [3.8, 4) is 5.75 Å². The van der Waals surface area contributed by atoms with E-state index in [9.17, 15) is 22.8 Å². The smallest absolute Gasteiger partial charge is 0.255 e.